The zero-order chi connectivity index (χ0) is 30.9. The molecule has 0 bridgehead atoms. The molecule has 11 heteroatoms. The van der Waals surface area contributed by atoms with Crippen molar-refractivity contribution in [3.05, 3.63) is 59.7 Å². The summed E-state index contributed by atoms with van der Waals surface area (Å²) < 4.78 is 65.9. The average Bonchev–Trinajstić information content (AvgIpc) is 3.66. The fourth-order valence-electron chi connectivity index (χ4n) is 5.17. The third-order valence-corrected chi connectivity index (χ3v) is 9.26. The van der Waals surface area contributed by atoms with Gasteiger partial charge in [-0.25, -0.2) is 26.9 Å². The highest BCUT2D eigenvalue weighted by atomic mass is 32.2. The maximum Gasteiger partial charge on any atom is 0.410 e. The summed E-state index contributed by atoms with van der Waals surface area (Å²) in [4.78, 5) is 17.9. The minimum absolute atomic E-state index is 0.0963. The van der Waals surface area contributed by atoms with Crippen molar-refractivity contribution < 1.29 is 26.9 Å². The molecule has 1 aliphatic heterocycles. The number of hydrogen-bond acceptors (Lipinski definition) is 5. The van der Waals surface area contributed by atoms with Crippen molar-refractivity contribution in [2.45, 2.75) is 101 Å². The van der Waals surface area contributed by atoms with E-state index in [2.05, 4.69) is 15.0 Å². The molecule has 232 valence electrons. The summed E-state index contributed by atoms with van der Waals surface area (Å²) in [6.07, 6.45) is 5.76. The standard InChI is InChI=1S/C31H43F3N4O3S/c1-28(2,3)41-27(39)38-20-30(33,34)18-24(38)19-36-26-17-23(9-10-25(26)32)31(14-11-21-7-8-21,22-12-15-35-16-13-22)37-42(40)29(4,5)6/h9-10,12-13,15-17,21,24,36-37H,7-8,11,14,18-20H2,1-6H3/t24-,31?,42-/m1/s1. The number of rotatable bonds is 10. The quantitative estimate of drug-likeness (QED) is 0.311. The second-order valence-corrected chi connectivity index (χ2v) is 15.5. The Labute approximate surface area is 249 Å². The lowest BCUT2D eigenvalue weighted by molar-refractivity contribution is -0.00234. The highest BCUT2D eigenvalue weighted by Gasteiger charge is 2.48. The lowest BCUT2D eigenvalue weighted by Crippen LogP contribution is -2.49. The van der Waals surface area contributed by atoms with E-state index >= 15 is 4.39 Å². The largest absolute Gasteiger partial charge is 0.444 e. The van der Waals surface area contributed by atoms with Crippen LogP contribution in [0.4, 0.5) is 23.7 Å². The Morgan fingerprint density at radius 1 is 1.10 bits per heavy atom. The third-order valence-electron chi connectivity index (χ3n) is 7.61. The average molecular weight is 609 g/mol. The minimum atomic E-state index is -3.08. The first kappa shape index (κ1) is 32.3. The number of pyridine rings is 1. The van der Waals surface area contributed by atoms with Gasteiger partial charge in [0.25, 0.3) is 5.92 Å². The molecule has 1 unspecified atom stereocenters. The smallest absolute Gasteiger partial charge is 0.410 e. The van der Waals surface area contributed by atoms with Gasteiger partial charge in [0.2, 0.25) is 0 Å². The number of nitrogens with one attached hydrogen (secondary N) is 2. The number of benzene rings is 1. The van der Waals surface area contributed by atoms with E-state index in [0.29, 0.717) is 17.9 Å². The second kappa shape index (κ2) is 12.1. The van der Waals surface area contributed by atoms with E-state index in [1.807, 2.05) is 32.9 Å². The molecule has 7 nitrogen and oxygen atoms in total. The van der Waals surface area contributed by atoms with Crippen LogP contribution in [-0.4, -0.2) is 55.6 Å². The van der Waals surface area contributed by atoms with Gasteiger partial charge in [-0.1, -0.05) is 18.9 Å². The molecule has 1 aromatic heterocycles. The van der Waals surface area contributed by atoms with Crippen LogP contribution in [0.15, 0.2) is 42.7 Å². The van der Waals surface area contributed by atoms with Gasteiger partial charge < -0.3 is 10.1 Å². The number of ether oxygens (including phenoxy) is 1. The van der Waals surface area contributed by atoms with Crippen LogP contribution in [0, 0.1) is 11.7 Å². The number of hydrogen-bond donors (Lipinski definition) is 2. The number of nitrogens with zero attached hydrogens (tertiary/aromatic N) is 2. The van der Waals surface area contributed by atoms with Crippen molar-refractivity contribution in [2.24, 2.45) is 5.92 Å². The molecule has 1 saturated heterocycles. The van der Waals surface area contributed by atoms with Crippen molar-refractivity contribution in [1.82, 2.24) is 14.6 Å². The van der Waals surface area contributed by atoms with Crippen molar-refractivity contribution >= 4 is 22.8 Å². The fraction of sp³-hybridized carbons (Fsp3) is 0.613. The summed E-state index contributed by atoms with van der Waals surface area (Å²) in [5, 5.41) is 2.99. The summed E-state index contributed by atoms with van der Waals surface area (Å²) in [5.74, 6) is -3.06. The molecule has 1 amide bonds. The second-order valence-electron chi connectivity index (χ2n) is 13.5. The van der Waals surface area contributed by atoms with Gasteiger partial charge in [0.15, 0.2) is 0 Å². The van der Waals surface area contributed by atoms with Gasteiger partial charge in [0.05, 0.1) is 39.5 Å². The first-order valence-electron chi connectivity index (χ1n) is 14.5. The maximum absolute atomic E-state index is 15.2. The number of likely N-dealkylation sites (tertiary alicyclic amines) is 1. The molecule has 42 heavy (non-hydrogen) atoms. The van der Waals surface area contributed by atoms with Crippen LogP contribution in [0.1, 0.15) is 84.8 Å². The lowest BCUT2D eigenvalue weighted by atomic mass is 9.79. The molecule has 0 spiro atoms. The molecule has 0 radical (unpaired) electrons. The Morgan fingerprint density at radius 2 is 1.76 bits per heavy atom. The number of amides is 1. The highest BCUT2D eigenvalue weighted by molar-refractivity contribution is 7.84. The van der Waals surface area contributed by atoms with Gasteiger partial charge in [-0.3, -0.25) is 9.88 Å². The third kappa shape index (κ3) is 8.03. The zero-order valence-corrected chi connectivity index (χ0v) is 26.1. The molecule has 2 N–H and O–H groups in total. The molecule has 1 aliphatic carbocycles. The van der Waals surface area contributed by atoms with E-state index < -0.39 is 63.7 Å². The van der Waals surface area contributed by atoms with E-state index in [9.17, 15) is 17.8 Å². The molecule has 1 aromatic carbocycles. The van der Waals surface area contributed by atoms with Crippen LogP contribution in [0.25, 0.3) is 0 Å². The van der Waals surface area contributed by atoms with Gasteiger partial charge in [-0.2, -0.15) is 0 Å². The highest BCUT2D eigenvalue weighted by Crippen LogP contribution is 2.43. The van der Waals surface area contributed by atoms with Crippen molar-refractivity contribution in [3.8, 4) is 0 Å². The predicted molar refractivity (Wildman–Crippen MR) is 159 cm³/mol. The van der Waals surface area contributed by atoms with Gasteiger partial charge in [-0.15, -0.1) is 0 Å². The number of aromatic nitrogens is 1. The van der Waals surface area contributed by atoms with Crippen molar-refractivity contribution in [3.63, 3.8) is 0 Å². The Kier molecular flexibility index (Phi) is 9.33. The molecule has 2 heterocycles. The number of alkyl halides is 2. The summed E-state index contributed by atoms with van der Waals surface area (Å²) in [6, 6.07) is 7.51. The summed E-state index contributed by atoms with van der Waals surface area (Å²) in [6.45, 7) is 9.83. The predicted octanol–water partition coefficient (Wildman–Crippen LogP) is 6.76. The number of halogens is 3. The van der Waals surface area contributed by atoms with E-state index in [4.69, 9.17) is 4.74 Å². The number of carbonyl (C=O) groups excluding carboxylic acids is 1. The first-order valence-corrected chi connectivity index (χ1v) is 15.7. The maximum atomic E-state index is 15.2. The first-order chi connectivity index (χ1) is 19.5. The van der Waals surface area contributed by atoms with Crippen LogP contribution in [0.2, 0.25) is 0 Å². The zero-order valence-electron chi connectivity index (χ0n) is 25.3. The van der Waals surface area contributed by atoms with E-state index in [1.165, 1.54) is 6.07 Å². The fourth-order valence-corrected chi connectivity index (χ4v) is 6.13. The molecule has 4 rings (SSSR count). The summed E-state index contributed by atoms with van der Waals surface area (Å²) >= 11 is 0. The van der Waals surface area contributed by atoms with E-state index in [1.54, 1.807) is 45.3 Å². The van der Waals surface area contributed by atoms with Crippen LogP contribution in [0.5, 0.6) is 0 Å². The minimum Gasteiger partial charge on any atom is -0.444 e. The van der Waals surface area contributed by atoms with E-state index in [-0.39, 0.29) is 12.2 Å². The van der Waals surface area contributed by atoms with Crippen molar-refractivity contribution in [1.29, 1.82) is 0 Å². The van der Waals surface area contributed by atoms with E-state index in [0.717, 1.165) is 29.7 Å². The molecular formula is C31H43F3N4O3S. The van der Waals surface area contributed by atoms with Crippen LogP contribution >= 0.6 is 0 Å². The SMILES string of the molecule is CC(C)(C)OC(=O)N1CC(F)(F)C[C@@H]1CNc1cc(C(CCC2CC2)(N[S@](=O)C(C)(C)C)c2ccncc2)ccc1F. The monoisotopic (exact) mass is 608 g/mol. The van der Waals surface area contributed by atoms with Gasteiger partial charge >= 0.3 is 6.09 Å². The van der Waals surface area contributed by atoms with Gasteiger partial charge in [-0.05, 0) is 95.7 Å². The molecule has 2 aromatic rings. The lowest BCUT2D eigenvalue weighted by Gasteiger charge is -2.38. The Balaban J connectivity index is 1.67. The van der Waals surface area contributed by atoms with Crippen LogP contribution in [-0.2, 0) is 21.3 Å². The van der Waals surface area contributed by atoms with Gasteiger partial charge in [0.1, 0.15) is 11.4 Å². The Hall–Kier alpha value is -2.66. The van der Waals surface area contributed by atoms with Gasteiger partial charge in [0, 0.05) is 25.4 Å². The normalized spacial score (nSPS) is 21.1. The summed E-state index contributed by atoms with van der Waals surface area (Å²) in [7, 11) is -1.47. The molecule has 3 atom stereocenters. The molecular weight excluding hydrogens is 565 g/mol. The molecule has 1 saturated carbocycles. The summed E-state index contributed by atoms with van der Waals surface area (Å²) in [5.41, 5.74) is -0.113. The topological polar surface area (TPSA) is 83.6 Å². The Bertz CT molecular complexity index is 1280. The Morgan fingerprint density at radius 3 is 2.36 bits per heavy atom. The molecule has 2 fully saturated rings. The van der Waals surface area contributed by atoms with Crippen LogP contribution < -0.4 is 10.0 Å². The molecule has 2 aliphatic rings. The number of carbonyl (C=O) groups is 1. The van der Waals surface area contributed by atoms with Crippen LogP contribution in [0.3, 0.4) is 0 Å². The number of anilines is 1. The van der Waals surface area contributed by atoms with Crippen molar-refractivity contribution in [2.75, 3.05) is 18.4 Å².